The highest BCUT2D eigenvalue weighted by molar-refractivity contribution is 6.30. The number of nitrogens with zero attached hydrogens (tertiary/aromatic N) is 3. The van der Waals surface area contributed by atoms with Crippen LogP contribution in [0.4, 0.5) is 5.69 Å². The molecule has 1 aromatic heterocycles. The van der Waals surface area contributed by atoms with E-state index >= 15 is 0 Å². The molecule has 0 bridgehead atoms. The van der Waals surface area contributed by atoms with Gasteiger partial charge in [0, 0.05) is 35.6 Å². The number of Topliss-reactive ketones (excluding diaryl/α,β-unsaturated/α-hetero) is 1. The zero-order chi connectivity index (χ0) is 27.1. The van der Waals surface area contributed by atoms with Crippen LogP contribution in [0.2, 0.25) is 5.02 Å². The summed E-state index contributed by atoms with van der Waals surface area (Å²) in [7, 11) is 0. The summed E-state index contributed by atoms with van der Waals surface area (Å²) in [5.74, 6) is -0.203. The van der Waals surface area contributed by atoms with Gasteiger partial charge in [0.2, 0.25) is 5.88 Å². The first-order valence-electron chi connectivity index (χ1n) is 12.2. The quantitative estimate of drug-likeness (QED) is 0.221. The van der Waals surface area contributed by atoms with Gasteiger partial charge < -0.3 is 9.47 Å². The van der Waals surface area contributed by atoms with Gasteiger partial charge in [0.15, 0.2) is 5.78 Å². The summed E-state index contributed by atoms with van der Waals surface area (Å²) in [5.41, 5.74) is 0.594. The molecule has 0 fully saturated rings. The maximum atomic E-state index is 14.4. The second-order valence-corrected chi connectivity index (χ2v) is 9.58. The van der Waals surface area contributed by atoms with Crippen molar-refractivity contribution in [1.82, 2.24) is 9.55 Å². The Balaban J connectivity index is 1.63. The van der Waals surface area contributed by atoms with E-state index in [1.54, 1.807) is 54.6 Å². The first-order chi connectivity index (χ1) is 18.9. The number of benzene rings is 3. The number of carbonyl (C=O) groups is 1. The van der Waals surface area contributed by atoms with Gasteiger partial charge in [-0.3, -0.25) is 19.7 Å². The second kappa shape index (κ2) is 9.85. The van der Waals surface area contributed by atoms with E-state index in [0.29, 0.717) is 46.2 Å². The molecule has 1 aliphatic carbocycles. The summed E-state index contributed by atoms with van der Waals surface area (Å²) < 4.78 is 13.4. The molecule has 9 nitrogen and oxygen atoms in total. The number of ether oxygens (including phenoxy) is 2. The van der Waals surface area contributed by atoms with Crippen molar-refractivity contribution in [3.63, 3.8) is 0 Å². The number of non-ortho nitro benzene ring substituents is 1. The smallest absolute Gasteiger partial charge is 0.312 e. The molecule has 194 valence electrons. The van der Waals surface area contributed by atoms with Crippen LogP contribution in [0, 0.1) is 10.1 Å². The molecule has 0 saturated carbocycles. The highest BCUT2D eigenvalue weighted by Crippen LogP contribution is 2.46. The van der Waals surface area contributed by atoms with Crippen LogP contribution in [0.5, 0.6) is 17.6 Å². The number of carbonyl (C=O) groups excluding carboxylic acids is 1. The molecule has 2 heterocycles. The van der Waals surface area contributed by atoms with Crippen molar-refractivity contribution in [3.8, 4) is 23.3 Å². The van der Waals surface area contributed by atoms with Gasteiger partial charge in [-0.15, -0.1) is 0 Å². The second-order valence-electron chi connectivity index (χ2n) is 9.15. The number of rotatable bonds is 5. The maximum Gasteiger partial charge on any atom is 0.312 e. The van der Waals surface area contributed by atoms with Crippen LogP contribution in [-0.4, -0.2) is 20.3 Å². The number of nitro groups is 1. The Labute approximate surface area is 227 Å². The summed E-state index contributed by atoms with van der Waals surface area (Å²) in [6.07, 6.45) is 1.35. The van der Waals surface area contributed by atoms with E-state index in [1.807, 2.05) is 6.07 Å². The van der Waals surface area contributed by atoms with Crippen LogP contribution in [0.3, 0.4) is 0 Å². The molecule has 0 amide bonds. The highest BCUT2D eigenvalue weighted by Gasteiger charge is 2.41. The van der Waals surface area contributed by atoms with Crippen LogP contribution in [-0.2, 0) is 4.79 Å². The minimum absolute atomic E-state index is 0.00102. The molecule has 0 radical (unpaired) electrons. The number of fused-ring (bicyclic) bond motifs is 1. The summed E-state index contributed by atoms with van der Waals surface area (Å²) in [6.45, 7) is 0. The minimum atomic E-state index is -0.902. The molecule has 6 rings (SSSR count). The van der Waals surface area contributed by atoms with E-state index in [2.05, 4.69) is 4.98 Å². The molecule has 1 atom stereocenters. The van der Waals surface area contributed by atoms with Crippen molar-refractivity contribution in [2.75, 3.05) is 0 Å². The molecule has 2 aliphatic rings. The average molecular weight is 542 g/mol. The van der Waals surface area contributed by atoms with E-state index in [-0.39, 0.29) is 35.3 Å². The lowest BCUT2D eigenvalue weighted by Crippen LogP contribution is -2.34. The summed E-state index contributed by atoms with van der Waals surface area (Å²) in [4.78, 5) is 43.3. The Morgan fingerprint density at radius 1 is 1.00 bits per heavy atom. The van der Waals surface area contributed by atoms with E-state index in [0.717, 1.165) is 0 Å². The van der Waals surface area contributed by atoms with Crippen molar-refractivity contribution in [3.05, 3.63) is 127 Å². The lowest BCUT2D eigenvalue weighted by molar-refractivity contribution is -0.384. The summed E-state index contributed by atoms with van der Waals surface area (Å²) in [6, 6.07) is 21.3. The number of hydrogen-bond donors (Lipinski definition) is 0. The standard InChI is InChI=1S/C29H20ClN3O6/c30-18-12-14-19(15-13-18)32-28(35)26-24(17-6-4-7-20(16-17)33(36)37)25-22(34)10-5-11-23(25)39-27(26)31-29(32)38-21-8-2-1-3-9-21/h1-4,6-9,12-16,24H,5,10-11H2. The average Bonchev–Trinajstić information content (AvgIpc) is 2.94. The predicted octanol–water partition coefficient (Wildman–Crippen LogP) is 6.12. The Hall–Kier alpha value is -4.76. The topological polar surface area (TPSA) is 114 Å². The van der Waals surface area contributed by atoms with Crippen LogP contribution >= 0.6 is 11.6 Å². The van der Waals surface area contributed by atoms with Crippen LogP contribution in [0.1, 0.15) is 36.3 Å². The Morgan fingerprint density at radius 2 is 1.77 bits per heavy atom. The Bertz CT molecular complexity index is 1710. The molecular weight excluding hydrogens is 522 g/mol. The van der Waals surface area contributed by atoms with Crippen molar-refractivity contribution in [2.45, 2.75) is 25.2 Å². The Kier molecular flexibility index (Phi) is 6.20. The molecule has 1 aliphatic heterocycles. The predicted molar refractivity (Wildman–Crippen MR) is 143 cm³/mol. The largest absolute Gasteiger partial charge is 0.442 e. The normalized spacial score (nSPS) is 16.2. The molecule has 0 spiro atoms. The first-order valence-corrected chi connectivity index (χ1v) is 12.6. The molecule has 10 heteroatoms. The van der Waals surface area contributed by atoms with Gasteiger partial charge in [-0.05, 0) is 48.4 Å². The molecule has 39 heavy (non-hydrogen) atoms. The Morgan fingerprint density at radius 3 is 2.51 bits per heavy atom. The third kappa shape index (κ3) is 4.46. The molecular formula is C29H20ClN3O6. The van der Waals surface area contributed by atoms with Crippen molar-refractivity contribution < 1.29 is 19.2 Å². The summed E-state index contributed by atoms with van der Waals surface area (Å²) >= 11 is 6.11. The molecule has 4 aromatic rings. The number of hydrogen-bond acceptors (Lipinski definition) is 7. The van der Waals surface area contributed by atoms with Gasteiger partial charge in [-0.1, -0.05) is 41.9 Å². The van der Waals surface area contributed by atoms with Gasteiger partial charge >= 0.3 is 6.01 Å². The minimum Gasteiger partial charge on any atom is -0.442 e. The van der Waals surface area contributed by atoms with Crippen LogP contribution < -0.4 is 15.0 Å². The van der Waals surface area contributed by atoms with Crippen LogP contribution in [0.15, 0.2) is 95.0 Å². The number of nitro benzene ring substituents is 1. The fraction of sp³-hybridized carbons (Fsp3) is 0.138. The molecule has 0 saturated heterocycles. The fourth-order valence-electron chi connectivity index (χ4n) is 4.98. The van der Waals surface area contributed by atoms with E-state index in [4.69, 9.17) is 21.1 Å². The fourth-order valence-corrected chi connectivity index (χ4v) is 5.10. The van der Waals surface area contributed by atoms with Gasteiger partial charge in [-0.25, -0.2) is 4.57 Å². The first kappa shape index (κ1) is 24.6. The summed E-state index contributed by atoms with van der Waals surface area (Å²) in [5, 5.41) is 12.1. The molecule has 3 aromatic carbocycles. The van der Waals surface area contributed by atoms with E-state index in [1.165, 1.54) is 22.8 Å². The van der Waals surface area contributed by atoms with Crippen LogP contribution in [0.25, 0.3) is 5.69 Å². The van der Waals surface area contributed by atoms with Crippen molar-refractivity contribution in [1.29, 1.82) is 0 Å². The van der Waals surface area contributed by atoms with E-state index < -0.39 is 16.4 Å². The number of allylic oxidation sites excluding steroid dienone is 2. The van der Waals surface area contributed by atoms with Gasteiger partial charge in [0.1, 0.15) is 11.5 Å². The van der Waals surface area contributed by atoms with Gasteiger partial charge in [0.25, 0.3) is 11.2 Å². The number of ketones is 1. The lowest BCUT2D eigenvalue weighted by atomic mass is 9.78. The van der Waals surface area contributed by atoms with Gasteiger partial charge in [0.05, 0.1) is 22.1 Å². The van der Waals surface area contributed by atoms with Crippen molar-refractivity contribution >= 4 is 23.1 Å². The highest BCUT2D eigenvalue weighted by atomic mass is 35.5. The third-order valence-electron chi connectivity index (χ3n) is 6.71. The number of halogens is 1. The lowest BCUT2D eigenvalue weighted by Gasteiger charge is -2.32. The zero-order valence-electron chi connectivity index (χ0n) is 20.4. The third-order valence-corrected chi connectivity index (χ3v) is 6.96. The number of para-hydroxylation sites is 1. The maximum absolute atomic E-state index is 14.4. The van der Waals surface area contributed by atoms with E-state index in [9.17, 15) is 19.7 Å². The SMILES string of the molecule is O=C1CCCC2=C1C(c1cccc([N+](=O)[O-])c1)c1c(nc(Oc3ccccc3)n(-c3ccc(Cl)cc3)c1=O)O2. The van der Waals surface area contributed by atoms with Crippen molar-refractivity contribution in [2.24, 2.45) is 0 Å². The number of aromatic nitrogens is 2. The molecule has 0 N–H and O–H groups in total. The zero-order valence-corrected chi connectivity index (χ0v) is 21.1. The monoisotopic (exact) mass is 541 g/mol. The van der Waals surface area contributed by atoms with Gasteiger partial charge in [-0.2, -0.15) is 4.98 Å². The molecule has 1 unspecified atom stereocenters.